The summed E-state index contributed by atoms with van der Waals surface area (Å²) in [4.78, 5) is 3.22. The Morgan fingerprint density at radius 2 is 1.88 bits per heavy atom. The minimum atomic E-state index is -0.785. The normalized spacial score (nSPS) is 19.4. The van der Waals surface area contributed by atoms with Crippen LogP contribution in [0.2, 0.25) is 0 Å². The lowest BCUT2D eigenvalue weighted by Gasteiger charge is -2.33. The third kappa shape index (κ3) is 1.87. The summed E-state index contributed by atoms with van der Waals surface area (Å²) in [6.45, 7) is 8.55. The Hall–Kier alpha value is -0.950. The number of benzene rings is 1. The van der Waals surface area contributed by atoms with Gasteiger partial charge < -0.3 is 0 Å². The lowest BCUT2D eigenvalue weighted by molar-refractivity contribution is 0.815. The van der Waals surface area contributed by atoms with E-state index in [1.165, 1.54) is 11.1 Å². The first-order chi connectivity index (χ1) is 8.00. The first-order valence-electron chi connectivity index (χ1n) is 6.17. The lowest BCUT2D eigenvalue weighted by Crippen LogP contribution is -2.02. The summed E-state index contributed by atoms with van der Waals surface area (Å²) in [5, 5.41) is 0. The third-order valence-electron chi connectivity index (χ3n) is 3.48. The van der Waals surface area contributed by atoms with Gasteiger partial charge in [-0.2, -0.15) is 10.0 Å². The fraction of sp³-hybridized carbons (Fsp3) is 0.375. The van der Waals surface area contributed by atoms with E-state index in [-0.39, 0.29) is 0 Å². The fourth-order valence-electron chi connectivity index (χ4n) is 3.01. The van der Waals surface area contributed by atoms with Crippen LogP contribution in [0.5, 0.6) is 0 Å². The maximum atomic E-state index is 3.91. The predicted octanol–water partition coefficient (Wildman–Crippen LogP) is 5.07. The molecule has 1 heteroatoms. The van der Waals surface area contributed by atoms with Crippen LogP contribution in [0.1, 0.15) is 25.8 Å². The van der Waals surface area contributed by atoms with E-state index < -0.39 is 10.0 Å². The fourth-order valence-corrected chi connectivity index (χ4v) is 6.40. The molecule has 0 unspecified atom stereocenters. The second-order valence-corrected chi connectivity index (χ2v) is 8.85. The summed E-state index contributed by atoms with van der Waals surface area (Å²) in [5.41, 5.74) is 3.00. The second-order valence-electron chi connectivity index (χ2n) is 5.31. The largest absolute Gasteiger partial charge is 0.196 e. The maximum absolute atomic E-state index is 3.91. The van der Waals surface area contributed by atoms with Crippen molar-refractivity contribution in [2.45, 2.75) is 25.2 Å². The molecule has 1 heterocycles. The van der Waals surface area contributed by atoms with Gasteiger partial charge in [0.05, 0.1) is 0 Å². The highest BCUT2D eigenvalue weighted by atomic mass is 32.3. The molecular formula is C16H22S. The van der Waals surface area contributed by atoms with Crippen molar-refractivity contribution in [1.82, 2.24) is 0 Å². The van der Waals surface area contributed by atoms with Gasteiger partial charge in [-0.3, -0.25) is 0 Å². The maximum Gasteiger partial charge on any atom is 0.000935 e. The summed E-state index contributed by atoms with van der Waals surface area (Å²) in [7, 11) is -0.785. The standard InChI is InChI=1S/C16H22S/c1-6-9-14-13-10-7-8-11-15(13)17(4,5)16(14)12(2)3/h6-8,10-12H,1,9H2,2-5H3. The van der Waals surface area contributed by atoms with Gasteiger partial charge in [-0.25, -0.2) is 0 Å². The summed E-state index contributed by atoms with van der Waals surface area (Å²) >= 11 is 0. The van der Waals surface area contributed by atoms with Gasteiger partial charge in [-0.1, -0.05) is 38.1 Å². The van der Waals surface area contributed by atoms with Gasteiger partial charge >= 0.3 is 0 Å². The highest BCUT2D eigenvalue weighted by Crippen LogP contribution is 2.67. The zero-order valence-electron chi connectivity index (χ0n) is 11.3. The summed E-state index contributed by atoms with van der Waals surface area (Å²) in [6, 6.07) is 8.91. The van der Waals surface area contributed by atoms with Crippen LogP contribution in [0.15, 0.2) is 46.7 Å². The van der Waals surface area contributed by atoms with Crippen LogP contribution in [-0.4, -0.2) is 12.5 Å². The summed E-state index contributed by atoms with van der Waals surface area (Å²) in [6.07, 6.45) is 7.89. The van der Waals surface area contributed by atoms with Crippen LogP contribution in [0.4, 0.5) is 0 Å². The first kappa shape index (κ1) is 12.5. The van der Waals surface area contributed by atoms with Crippen molar-refractivity contribution >= 4 is 15.6 Å². The molecule has 0 amide bonds. The Morgan fingerprint density at radius 3 is 2.47 bits per heavy atom. The van der Waals surface area contributed by atoms with Crippen molar-refractivity contribution in [3.8, 4) is 0 Å². The number of rotatable bonds is 3. The zero-order valence-corrected chi connectivity index (χ0v) is 12.1. The summed E-state index contributed by atoms with van der Waals surface area (Å²) in [5.74, 6) is 0.627. The van der Waals surface area contributed by atoms with Crippen LogP contribution in [0.25, 0.3) is 5.57 Å². The van der Waals surface area contributed by atoms with E-state index in [1.54, 1.807) is 9.80 Å². The molecule has 0 saturated heterocycles. The van der Waals surface area contributed by atoms with Gasteiger partial charge in [0, 0.05) is 4.90 Å². The van der Waals surface area contributed by atoms with Gasteiger partial charge in [0.15, 0.2) is 0 Å². The molecule has 0 N–H and O–H groups in total. The van der Waals surface area contributed by atoms with Crippen LogP contribution in [0, 0.1) is 5.92 Å². The van der Waals surface area contributed by atoms with Crippen molar-refractivity contribution in [3.63, 3.8) is 0 Å². The molecule has 1 aromatic rings. The molecule has 0 spiro atoms. The smallest absolute Gasteiger partial charge is 0.000935 e. The van der Waals surface area contributed by atoms with Gasteiger partial charge in [-0.05, 0) is 47.0 Å². The molecule has 0 radical (unpaired) electrons. The van der Waals surface area contributed by atoms with Gasteiger partial charge in [0.1, 0.15) is 0 Å². The van der Waals surface area contributed by atoms with E-state index in [0.29, 0.717) is 5.92 Å². The molecule has 1 aromatic carbocycles. The van der Waals surface area contributed by atoms with E-state index >= 15 is 0 Å². The highest BCUT2D eigenvalue weighted by Gasteiger charge is 2.34. The van der Waals surface area contributed by atoms with Crippen LogP contribution in [-0.2, 0) is 0 Å². The minimum Gasteiger partial charge on any atom is -0.196 e. The monoisotopic (exact) mass is 246 g/mol. The number of hydrogen-bond donors (Lipinski definition) is 0. The molecule has 0 fully saturated rings. The molecule has 1 aliphatic rings. The van der Waals surface area contributed by atoms with E-state index in [4.69, 9.17) is 0 Å². The molecular weight excluding hydrogens is 224 g/mol. The summed E-state index contributed by atoms with van der Waals surface area (Å²) < 4.78 is 0. The van der Waals surface area contributed by atoms with Gasteiger partial charge in [0.2, 0.25) is 0 Å². The molecule has 92 valence electrons. The Kier molecular flexibility index (Phi) is 3.22. The van der Waals surface area contributed by atoms with E-state index in [2.05, 4.69) is 57.2 Å². The molecule has 0 aromatic heterocycles. The predicted molar refractivity (Wildman–Crippen MR) is 80.7 cm³/mol. The average Bonchev–Trinajstić information content (AvgIpc) is 2.49. The number of allylic oxidation sites excluding steroid dienone is 3. The van der Waals surface area contributed by atoms with E-state index in [1.807, 2.05) is 6.08 Å². The van der Waals surface area contributed by atoms with E-state index in [0.717, 1.165) is 6.42 Å². The van der Waals surface area contributed by atoms with Crippen LogP contribution < -0.4 is 0 Å². The molecule has 17 heavy (non-hydrogen) atoms. The molecule has 0 nitrogen and oxygen atoms in total. The second kappa shape index (κ2) is 4.38. The van der Waals surface area contributed by atoms with Gasteiger partial charge in [0.25, 0.3) is 0 Å². The Labute approximate surface area is 107 Å². The van der Waals surface area contributed by atoms with E-state index in [9.17, 15) is 0 Å². The van der Waals surface area contributed by atoms with Crippen molar-refractivity contribution in [3.05, 3.63) is 47.4 Å². The van der Waals surface area contributed by atoms with Crippen molar-refractivity contribution in [1.29, 1.82) is 0 Å². The molecule has 1 aliphatic heterocycles. The third-order valence-corrected chi connectivity index (χ3v) is 6.75. The minimum absolute atomic E-state index is 0.627. The van der Waals surface area contributed by atoms with Crippen LogP contribution in [0.3, 0.4) is 0 Å². The molecule has 0 saturated carbocycles. The topological polar surface area (TPSA) is 0 Å². The van der Waals surface area contributed by atoms with Gasteiger partial charge in [-0.15, -0.1) is 6.58 Å². The molecule has 0 bridgehead atoms. The Morgan fingerprint density at radius 1 is 1.24 bits per heavy atom. The Balaban J connectivity index is 2.68. The quantitative estimate of drug-likeness (QED) is 0.653. The highest BCUT2D eigenvalue weighted by molar-refractivity contribution is 8.36. The first-order valence-corrected chi connectivity index (χ1v) is 8.62. The lowest BCUT2D eigenvalue weighted by atomic mass is 9.99. The zero-order chi connectivity index (χ0) is 12.6. The molecule has 2 rings (SSSR count). The number of fused-ring (bicyclic) bond motifs is 1. The average molecular weight is 246 g/mol. The van der Waals surface area contributed by atoms with Crippen molar-refractivity contribution < 1.29 is 0 Å². The van der Waals surface area contributed by atoms with Crippen molar-refractivity contribution in [2.24, 2.45) is 5.92 Å². The molecule has 0 aliphatic carbocycles. The van der Waals surface area contributed by atoms with Crippen molar-refractivity contribution in [2.75, 3.05) is 12.5 Å². The Bertz CT molecular complexity index is 478. The molecule has 0 atom stereocenters. The number of hydrogen-bond acceptors (Lipinski definition) is 0. The SMILES string of the molecule is C=CCC1=C(C(C)C)S(C)(C)c2ccccc21. The van der Waals surface area contributed by atoms with Crippen LogP contribution >= 0.6 is 10.0 Å².